The number of phenolic OH excluding ortho intramolecular Hbond substituents is 3. The first-order valence-electron chi connectivity index (χ1n) is 10.4. The number of phenols is 3. The molecule has 2 aliphatic heterocycles. The maximum atomic E-state index is 12.7. The van der Waals surface area contributed by atoms with Gasteiger partial charge in [-0.25, -0.2) is 0 Å². The van der Waals surface area contributed by atoms with E-state index in [-0.39, 0.29) is 28.6 Å². The minimum absolute atomic E-state index is 0.0115. The molecular weight excluding hydrogens is 468 g/mol. The van der Waals surface area contributed by atoms with E-state index in [1.165, 1.54) is 36.4 Å². The molecule has 0 aliphatic carbocycles. The molecule has 0 radical (unpaired) electrons. The molecule has 6 N–H and O–H groups in total. The van der Waals surface area contributed by atoms with Crippen molar-refractivity contribution in [2.45, 2.75) is 37.6 Å². The van der Waals surface area contributed by atoms with E-state index in [9.17, 15) is 40.2 Å². The first kappa shape index (κ1) is 24.3. The lowest BCUT2D eigenvalue weighted by Gasteiger charge is -2.39. The highest BCUT2D eigenvalue weighted by molar-refractivity contribution is 6.15. The fraction of sp³-hybridized carbons (Fsp3) is 0.304. The van der Waals surface area contributed by atoms with Crippen LogP contribution in [0.1, 0.15) is 22.8 Å². The fourth-order valence-electron chi connectivity index (χ4n) is 3.57. The number of fused-ring (bicyclic) bond motifs is 1. The number of ether oxygens (including phenoxy) is 4. The Hall–Kier alpha value is -3.84. The summed E-state index contributed by atoms with van der Waals surface area (Å²) in [7, 11) is 0. The molecule has 2 heterocycles. The summed E-state index contributed by atoms with van der Waals surface area (Å²) in [5, 5.41) is 60.2. The van der Waals surface area contributed by atoms with E-state index in [1.807, 2.05) is 0 Å². The van der Waals surface area contributed by atoms with Crippen LogP contribution in [0.4, 0.5) is 0 Å². The number of aliphatic hydroxyl groups excluding tert-OH is 3. The van der Waals surface area contributed by atoms with Crippen LogP contribution < -0.4 is 9.47 Å². The predicted molar refractivity (Wildman–Crippen MR) is 115 cm³/mol. The van der Waals surface area contributed by atoms with Crippen molar-refractivity contribution in [2.75, 3.05) is 6.61 Å². The number of benzene rings is 2. The van der Waals surface area contributed by atoms with Crippen molar-refractivity contribution in [3.63, 3.8) is 0 Å². The maximum absolute atomic E-state index is 12.7. The second-order valence-electron chi connectivity index (χ2n) is 7.91. The van der Waals surface area contributed by atoms with Gasteiger partial charge in [0.05, 0.1) is 5.56 Å². The Balaban J connectivity index is 1.55. The summed E-state index contributed by atoms with van der Waals surface area (Å²) in [5.41, 5.74) is 0.356. The molecule has 2 aromatic carbocycles. The van der Waals surface area contributed by atoms with Gasteiger partial charge in [-0.05, 0) is 35.9 Å². The maximum Gasteiger partial charge on any atom is 0.302 e. The van der Waals surface area contributed by atoms with Crippen LogP contribution in [0.3, 0.4) is 0 Å². The second-order valence-corrected chi connectivity index (χ2v) is 7.91. The minimum atomic E-state index is -1.73. The Morgan fingerprint density at radius 2 is 1.77 bits per heavy atom. The number of allylic oxidation sites excluding steroid dienone is 1. The van der Waals surface area contributed by atoms with Crippen molar-refractivity contribution in [2.24, 2.45) is 0 Å². The van der Waals surface area contributed by atoms with E-state index in [0.717, 1.165) is 6.92 Å². The average molecular weight is 490 g/mol. The van der Waals surface area contributed by atoms with Gasteiger partial charge >= 0.3 is 5.97 Å². The van der Waals surface area contributed by atoms with E-state index in [4.69, 9.17) is 18.9 Å². The lowest BCUT2D eigenvalue weighted by Crippen LogP contribution is -2.60. The van der Waals surface area contributed by atoms with Crippen LogP contribution in [-0.4, -0.2) is 79.7 Å². The smallest absolute Gasteiger partial charge is 0.302 e. The highest BCUT2D eigenvalue weighted by Crippen LogP contribution is 2.45. The summed E-state index contributed by atoms with van der Waals surface area (Å²) in [6, 6.07) is 6.40. The zero-order valence-corrected chi connectivity index (χ0v) is 18.2. The number of hydrogen-bond donors (Lipinski definition) is 6. The van der Waals surface area contributed by atoms with Gasteiger partial charge in [0.15, 0.2) is 28.8 Å². The number of hydrogen-bond acceptors (Lipinski definition) is 12. The fourth-order valence-corrected chi connectivity index (χ4v) is 3.57. The van der Waals surface area contributed by atoms with Crippen molar-refractivity contribution < 1.29 is 59.2 Å². The molecule has 2 aromatic rings. The number of carbonyl (C=O) groups excluding carboxylic acids is 2. The van der Waals surface area contributed by atoms with Crippen LogP contribution in [0.5, 0.6) is 28.7 Å². The van der Waals surface area contributed by atoms with Gasteiger partial charge in [0, 0.05) is 6.92 Å². The number of ketones is 1. The van der Waals surface area contributed by atoms with Crippen LogP contribution in [0, 0.1) is 0 Å². The summed E-state index contributed by atoms with van der Waals surface area (Å²) in [5.74, 6) is -3.22. The number of esters is 1. The molecular formula is C23H22O12. The van der Waals surface area contributed by atoms with Crippen molar-refractivity contribution >= 4 is 17.8 Å². The molecule has 5 atom stereocenters. The monoisotopic (exact) mass is 490 g/mol. The molecule has 0 spiro atoms. The van der Waals surface area contributed by atoms with Crippen LogP contribution >= 0.6 is 0 Å². The molecule has 0 amide bonds. The van der Waals surface area contributed by atoms with Crippen LogP contribution in [0.2, 0.25) is 0 Å². The summed E-state index contributed by atoms with van der Waals surface area (Å²) < 4.78 is 21.2. The molecule has 0 unspecified atom stereocenters. The molecule has 2 aliphatic rings. The molecule has 0 saturated carbocycles. The lowest BCUT2D eigenvalue weighted by atomic mass is 9.99. The Kier molecular flexibility index (Phi) is 6.54. The first-order chi connectivity index (χ1) is 16.6. The Morgan fingerprint density at radius 1 is 1.03 bits per heavy atom. The highest BCUT2D eigenvalue weighted by atomic mass is 16.7. The molecule has 1 saturated heterocycles. The predicted octanol–water partition coefficient (Wildman–Crippen LogP) is 0.169. The number of carbonyl (C=O) groups is 2. The van der Waals surface area contributed by atoms with Crippen molar-refractivity contribution in [1.29, 1.82) is 0 Å². The number of rotatable bonds is 5. The van der Waals surface area contributed by atoms with Gasteiger partial charge in [0.25, 0.3) is 0 Å². The van der Waals surface area contributed by atoms with Gasteiger partial charge in [-0.3, -0.25) is 9.59 Å². The zero-order chi connectivity index (χ0) is 25.4. The quantitative estimate of drug-likeness (QED) is 0.189. The van der Waals surface area contributed by atoms with Crippen LogP contribution in [0.15, 0.2) is 36.1 Å². The van der Waals surface area contributed by atoms with Gasteiger partial charge in [0.2, 0.25) is 17.8 Å². The highest BCUT2D eigenvalue weighted by Gasteiger charge is 2.46. The summed E-state index contributed by atoms with van der Waals surface area (Å²) in [6.45, 7) is 0.723. The average Bonchev–Trinajstić information content (AvgIpc) is 3.13. The van der Waals surface area contributed by atoms with Gasteiger partial charge < -0.3 is 49.6 Å². The van der Waals surface area contributed by atoms with E-state index >= 15 is 0 Å². The molecule has 186 valence electrons. The number of aliphatic hydroxyl groups is 3. The summed E-state index contributed by atoms with van der Waals surface area (Å²) in [6.07, 6.45) is -6.53. The van der Waals surface area contributed by atoms with Crippen molar-refractivity contribution in [1.82, 2.24) is 0 Å². The second kappa shape index (κ2) is 9.43. The topological polar surface area (TPSA) is 192 Å². The Bertz CT molecular complexity index is 1190. The van der Waals surface area contributed by atoms with Crippen LogP contribution in [0.25, 0.3) is 6.08 Å². The summed E-state index contributed by atoms with van der Waals surface area (Å²) >= 11 is 0. The standard InChI is InChI=1S/C23H22O12/c1-9(24)32-8-16-18(28)20(30)21(31)23(35-16)34-14-5-3-11-17(27)15(33-22(11)19(14)29)7-10-2-4-12(25)13(26)6-10/h2-7,16,18,20-21,23,25-26,28-31H,8H2,1H3/b15-7-/t16-,18+,20-,21-,23+/m0/s1. The van der Waals surface area contributed by atoms with Gasteiger partial charge in [0.1, 0.15) is 31.0 Å². The SMILES string of the molecule is CC(=O)OC[C@@H]1O[C@@H](Oc2ccc3c(c2O)O/C(=C\c2ccc(O)c(O)c2)C3=O)[C@@H](O)[C@@H](O)[C@@H]1O. The molecule has 1 fully saturated rings. The third-order valence-electron chi connectivity index (χ3n) is 5.43. The largest absolute Gasteiger partial charge is 0.504 e. The van der Waals surface area contributed by atoms with Gasteiger partial charge in [-0.15, -0.1) is 0 Å². The van der Waals surface area contributed by atoms with E-state index < -0.39 is 60.6 Å². The minimum Gasteiger partial charge on any atom is -0.504 e. The molecule has 0 bridgehead atoms. The Morgan fingerprint density at radius 3 is 2.46 bits per heavy atom. The van der Waals surface area contributed by atoms with E-state index in [0.29, 0.717) is 5.56 Å². The molecule has 35 heavy (non-hydrogen) atoms. The lowest BCUT2D eigenvalue weighted by molar-refractivity contribution is -0.278. The molecule has 0 aromatic heterocycles. The number of aromatic hydroxyl groups is 3. The van der Waals surface area contributed by atoms with Crippen LogP contribution in [-0.2, 0) is 14.3 Å². The van der Waals surface area contributed by atoms with Gasteiger partial charge in [-0.1, -0.05) is 6.07 Å². The Labute approximate surface area is 197 Å². The zero-order valence-electron chi connectivity index (χ0n) is 18.2. The third kappa shape index (κ3) is 4.72. The normalized spacial score (nSPS) is 26.8. The van der Waals surface area contributed by atoms with E-state index in [2.05, 4.69) is 0 Å². The third-order valence-corrected chi connectivity index (χ3v) is 5.43. The first-order valence-corrected chi connectivity index (χ1v) is 10.4. The molecule has 4 rings (SSSR count). The van der Waals surface area contributed by atoms with Gasteiger partial charge in [-0.2, -0.15) is 0 Å². The summed E-state index contributed by atoms with van der Waals surface area (Å²) in [4.78, 5) is 23.7. The van der Waals surface area contributed by atoms with Crippen molar-refractivity contribution in [3.05, 3.63) is 47.2 Å². The van der Waals surface area contributed by atoms with E-state index in [1.54, 1.807) is 0 Å². The van der Waals surface area contributed by atoms with Crippen molar-refractivity contribution in [3.8, 4) is 28.7 Å². The molecule has 12 heteroatoms. The molecule has 12 nitrogen and oxygen atoms in total. The number of Topliss-reactive ketones (excluding diaryl/α,β-unsaturated/α-hetero) is 1.